The Morgan fingerprint density at radius 1 is 1.29 bits per heavy atom. The third kappa shape index (κ3) is 4.07. The van der Waals surface area contributed by atoms with Crippen LogP contribution in [0.1, 0.15) is 5.56 Å². The highest BCUT2D eigenvalue weighted by molar-refractivity contribution is 7.99. The number of halogens is 1. The van der Waals surface area contributed by atoms with Crippen LogP contribution in [-0.2, 0) is 4.79 Å². The molecule has 0 radical (unpaired) electrons. The summed E-state index contributed by atoms with van der Waals surface area (Å²) in [5.41, 5.74) is 3.86. The molecule has 0 aliphatic carbocycles. The van der Waals surface area contributed by atoms with E-state index in [0.717, 1.165) is 5.69 Å². The number of nitrogens with zero attached hydrogens (tertiary/aromatic N) is 5. The van der Waals surface area contributed by atoms with E-state index in [1.165, 1.54) is 18.0 Å². The van der Waals surface area contributed by atoms with Crippen LogP contribution in [0.3, 0.4) is 0 Å². The quantitative estimate of drug-likeness (QED) is 0.373. The number of hydrogen-bond donors (Lipinski definition) is 1. The van der Waals surface area contributed by atoms with Crippen molar-refractivity contribution in [3.8, 4) is 17.2 Å². The lowest BCUT2D eigenvalue weighted by Gasteiger charge is -2.03. The standard InChI is InChI=1S/C17H13ClN6O3S/c18-13-7-15-14(26-10-27-15)6-11(13)8-19-20-16(25)9-28-17-21-22-23-24(17)12-4-2-1-3-5-12/h1-8H,9-10H2,(H,20,25)/b19-8-. The minimum atomic E-state index is -0.305. The second-order valence-electron chi connectivity index (χ2n) is 5.52. The SMILES string of the molecule is O=C(CSc1nnnn1-c1ccccc1)N/N=C\c1cc2c(cc1Cl)OCO2. The topological polar surface area (TPSA) is 104 Å². The normalized spacial score (nSPS) is 12.5. The van der Waals surface area contributed by atoms with Gasteiger partial charge in [-0.3, -0.25) is 4.79 Å². The van der Waals surface area contributed by atoms with E-state index in [2.05, 4.69) is 26.1 Å². The summed E-state index contributed by atoms with van der Waals surface area (Å²) in [5, 5.41) is 16.4. The van der Waals surface area contributed by atoms with E-state index in [0.29, 0.717) is 27.2 Å². The molecule has 1 aliphatic heterocycles. The van der Waals surface area contributed by atoms with E-state index >= 15 is 0 Å². The highest BCUT2D eigenvalue weighted by atomic mass is 35.5. The fourth-order valence-corrected chi connectivity index (χ4v) is 3.25. The van der Waals surface area contributed by atoms with Gasteiger partial charge in [0.05, 0.1) is 22.7 Å². The average Bonchev–Trinajstić information content (AvgIpc) is 3.36. The van der Waals surface area contributed by atoms with Crippen LogP contribution in [0.4, 0.5) is 0 Å². The number of carbonyl (C=O) groups excluding carboxylic acids is 1. The number of rotatable bonds is 6. The lowest BCUT2D eigenvalue weighted by molar-refractivity contribution is -0.118. The van der Waals surface area contributed by atoms with Gasteiger partial charge in [-0.25, -0.2) is 5.43 Å². The van der Waals surface area contributed by atoms with E-state index in [9.17, 15) is 4.79 Å². The number of tetrazole rings is 1. The Balaban J connectivity index is 1.34. The van der Waals surface area contributed by atoms with Crippen LogP contribution in [0.15, 0.2) is 52.7 Å². The average molecular weight is 417 g/mol. The number of hydrazone groups is 1. The van der Waals surface area contributed by atoms with Gasteiger partial charge in [0.15, 0.2) is 11.5 Å². The summed E-state index contributed by atoms with van der Waals surface area (Å²) in [6, 6.07) is 12.8. The molecule has 11 heteroatoms. The van der Waals surface area contributed by atoms with Crippen molar-refractivity contribution in [2.45, 2.75) is 5.16 Å². The molecule has 0 bridgehead atoms. The molecular weight excluding hydrogens is 404 g/mol. The monoisotopic (exact) mass is 416 g/mol. The van der Waals surface area contributed by atoms with Crippen molar-refractivity contribution >= 4 is 35.5 Å². The minimum Gasteiger partial charge on any atom is -0.454 e. The Morgan fingerprint density at radius 2 is 2.07 bits per heavy atom. The summed E-state index contributed by atoms with van der Waals surface area (Å²) in [5.74, 6) is 0.958. The molecule has 0 atom stereocenters. The van der Waals surface area contributed by atoms with Gasteiger partial charge in [0.2, 0.25) is 11.9 Å². The highest BCUT2D eigenvalue weighted by Crippen LogP contribution is 2.36. The second-order valence-corrected chi connectivity index (χ2v) is 6.87. The van der Waals surface area contributed by atoms with Gasteiger partial charge in [0.25, 0.3) is 5.91 Å². The molecule has 2 aromatic carbocycles. The molecule has 1 aliphatic rings. The summed E-state index contributed by atoms with van der Waals surface area (Å²) in [6.07, 6.45) is 1.45. The molecule has 1 amide bonds. The van der Waals surface area contributed by atoms with Crippen LogP contribution in [0.5, 0.6) is 11.5 Å². The number of thioether (sulfide) groups is 1. The molecule has 2 heterocycles. The maximum atomic E-state index is 12.0. The number of aromatic nitrogens is 4. The number of ether oxygens (including phenoxy) is 2. The van der Waals surface area contributed by atoms with E-state index in [4.69, 9.17) is 21.1 Å². The van der Waals surface area contributed by atoms with Crippen molar-refractivity contribution in [2.24, 2.45) is 5.10 Å². The van der Waals surface area contributed by atoms with Gasteiger partial charge >= 0.3 is 0 Å². The fourth-order valence-electron chi connectivity index (χ4n) is 2.37. The van der Waals surface area contributed by atoms with Crippen molar-refractivity contribution in [1.82, 2.24) is 25.6 Å². The maximum Gasteiger partial charge on any atom is 0.250 e. The van der Waals surface area contributed by atoms with Crippen molar-refractivity contribution in [3.63, 3.8) is 0 Å². The van der Waals surface area contributed by atoms with Crippen molar-refractivity contribution in [1.29, 1.82) is 0 Å². The predicted molar refractivity (Wildman–Crippen MR) is 103 cm³/mol. The number of carbonyl (C=O) groups is 1. The number of fused-ring (bicyclic) bond motifs is 1. The molecule has 28 heavy (non-hydrogen) atoms. The number of benzene rings is 2. The lowest BCUT2D eigenvalue weighted by atomic mass is 10.2. The summed E-state index contributed by atoms with van der Waals surface area (Å²) in [6.45, 7) is 0.155. The molecule has 0 fully saturated rings. The predicted octanol–water partition coefficient (Wildman–Crippen LogP) is 2.29. The zero-order chi connectivity index (χ0) is 19.3. The first-order valence-electron chi connectivity index (χ1n) is 8.08. The van der Waals surface area contributed by atoms with Crippen LogP contribution in [0, 0.1) is 0 Å². The van der Waals surface area contributed by atoms with Crippen molar-refractivity contribution in [3.05, 3.63) is 53.1 Å². The smallest absolute Gasteiger partial charge is 0.250 e. The van der Waals surface area contributed by atoms with Gasteiger partial charge in [-0.1, -0.05) is 41.6 Å². The third-order valence-electron chi connectivity index (χ3n) is 3.66. The van der Waals surface area contributed by atoms with Crippen LogP contribution in [0.2, 0.25) is 5.02 Å². The Bertz CT molecular complexity index is 1030. The Hall–Kier alpha value is -3.11. The molecule has 1 aromatic heterocycles. The zero-order valence-electron chi connectivity index (χ0n) is 14.3. The maximum absolute atomic E-state index is 12.0. The lowest BCUT2D eigenvalue weighted by Crippen LogP contribution is -2.20. The summed E-state index contributed by atoms with van der Waals surface area (Å²) in [7, 11) is 0. The van der Waals surface area contributed by atoms with E-state index in [1.54, 1.807) is 16.8 Å². The molecule has 0 saturated carbocycles. The van der Waals surface area contributed by atoms with E-state index in [-0.39, 0.29) is 18.5 Å². The van der Waals surface area contributed by atoms with Crippen LogP contribution in [-0.4, -0.2) is 44.9 Å². The molecular formula is C17H13ClN6O3S. The van der Waals surface area contributed by atoms with E-state index in [1.807, 2.05) is 30.3 Å². The molecule has 1 N–H and O–H groups in total. The minimum absolute atomic E-state index is 0.0966. The van der Waals surface area contributed by atoms with Crippen LogP contribution >= 0.6 is 23.4 Å². The van der Waals surface area contributed by atoms with E-state index < -0.39 is 0 Å². The molecule has 3 aromatic rings. The molecule has 0 saturated heterocycles. The Labute approximate surface area is 168 Å². The molecule has 0 spiro atoms. The van der Waals surface area contributed by atoms with Gasteiger partial charge in [-0.15, -0.1) is 5.10 Å². The molecule has 0 unspecified atom stereocenters. The molecule has 9 nitrogen and oxygen atoms in total. The zero-order valence-corrected chi connectivity index (χ0v) is 15.9. The first-order valence-corrected chi connectivity index (χ1v) is 9.45. The first-order chi connectivity index (χ1) is 13.7. The van der Waals surface area contributed by atoms with Gasteiger partial charge in [-0.05, 0) is 28.6 Å². The summed E-state index contributed by atoms with van der Waals surface area (Å²) >= 11 is 7.36. The van der Waals surface area contributed by atoms with Gasteiger partial charge in [-0.2, -0.15) is 9.78 Å². The summed E-state index contributed by atoms with van der Waals surface area (Å²) < 4.78 is 12.1. The van der Waals surface area contributed by atoms with Gasteiger partial charge < -0.3 is 9.47 Å². The van der Waals surface area contributed by atoms with Crippen LogP contribution < -0.4 is 14.9 Å². The fraction of sp³-hybridized carbons (Fsp3) is 0.118. The third-order valence-corrected chi connectivity index (χ3v) is 4.91. The largest absolute Gasteiger partial charge is 0.454 e. The molecule has 142 valence electrons. The first kappa shape index (κ1) is 18.3. The second kappa shape index (κ2) is 8.28. The van der Waals surface area contributed by atoms with Gasteiger partial charge in [0, 0.05) is 11.6 Å². The molecule has 4 rings (SSSR count). The number of amides is 1. The Morgan fingerprint density at radius 3 is 2.89 bits per heavy atom. The highest BCUT2D eigenvalue weighted by Gasteiger charge is 2.16. The Kier molecular flexibility index (Phi) is 5.40. The van der Waals surface area contributed by atoms with Crippen molar-refractivity contribution in [2.75, 3.05) is 12.5 Å². The number of para-hydroxylation sites is 1. The number of nitrogens with one attached hydrogen (secondary N) is 1. The van der Waals surface area contributed by atoms with Crippen molar-refractivity contribution < 1.29 is 14.3 Å². The number of hydrogen-bond acceptors (Lipinski definition) is 8. The van der Waals surface area contributed by atoms with Gasteiger partial charge in [0.1, 0.15) is 0 Å². The summed E-state index contributed by atoms with van der Waals surface area (Å²) in [4.78, 5) is 12.0. The van der Waals surface area contributed by atoms with Crippen LogP contribution in [0.25, 0.3) is 5.69 Å².